The minimum atomic E-state index is -0.477. The summed E-state index contributed by atoms with van der Waals surface area (Å²) in [6.45, 7) is 5.42. The van der Waals surface area contributed by atoms with Gasteiger partial charge >= 0.3 is 0 Å². The highest BCUT2D eigenvalue weighted by Gasteiger charge is 2.13. The molecule has 0 spiro atoms. The van der Waals surface area contributed by atoms with Crippen LogP contribution in [0.3, 0.4) is 0 Å². The molecule has 0 saturated carbocycles. The quantitative estimate of drug-likeness (QED) is 0.516. The number of hydrogen-bond donors (Lipinski definition) is 0. The Morgan fingerprint density at radius 3 is 2.60 bits per heavy atom. The summed E-state index contributed by atoms with van der Waals surface area (Å²) >= 11 is 0. The summed E-state index contributed by atoms with van der Waals surface area (Å²) in [5, 5.41) is 0. The average molecular weight is 284 g/mol. The predicted octanol–water partition coefficient (Wildman–Crippen LogP) is 2.71. The molecule has 1 aromatic rings. The lowest BCUT2D eigenvalue weighted by molar-refractivity contribution is 0.0363. The number of halogens is 1. The van der Waals surface area contributed by atoms with Crippen molar-refractivity contribution < 1.29 is 23.4 Å². The van der Waals surface area contributed by atoms with Gasteiger partial charge in [-0.1, -0.05) is 13.8 Å². The molecule has 0 amide bonds. The van der Waals surface area contributed by atoms with E-state index in [1.54, 1.807) is 0 Å². The molecule has 0 unspecified atom stereocenters. The van der Waals surface area contributed by atoms with Gasteiger partial charge in [-0.3, -0.25) is 4.79 Å². The molecule has 0 N–H and O–H groups in total. The van der Waals surface area contributed by atoms with E-state index in [0.717, 1.165) is 6.07 Å². The third-order valence-corrected chi connectivity index (χ3v) is 2.52. The van der Waals surface area contributed by atoms with Crippen molar-refractivity contribution in [3.63, 3.8) is 0 Å². The number of Topliss-reactive ketones (excluding diaryl/α,β-unsaturated/α-hetero) is 1. The molecule has 0 fully saturated rings. The molecule has 1 aromatic carbocycles. The first-order chi connectivity index (χ1) is 9.54. The van der Waals surface area contributed by atoms with Crippen LogP contribution in [-0.2, 0) is 9.47 Å². The van der Waals surface area contributed by atoms with Crippen LogP contribution < -0.4 is 4.74 Å². The highest BCUT2D eigenvalue weighted by Crippen LogP contribution is 2.19. The largest absolute Gasteiger partial charge is 0.496 e. The van der Waals surface area contributed by atoms with Gasteiger partial charge in [-0.05, 0) is 24.1 Å². The zero-order chi connectivity index (χ0) is 15.0. The minimum Gasteiger partial charge on any atom is -0.496 e. The molecule has 0 saturated heterocycles. The van der Waals surface area contributed by atoms with Crippen LogP contribution in [0, 0.1) is 11.7 Å². The van der Waals surface area contributed by atoms with Crippen molar-refractivity contribution in [2.75, 3.05) is 33.5 Å². The highest BCUT2D eigenvalue weighted by atomic mass is 19.1. The van der Waals surface area contributed by atoms with Gasteiger partial charge in [0.1, 0.15) is 18.2 Å². The lowest BCUT2D eigenvalue weighted by Crippen LogP contribution is -2.14. The van der Waals surface area contributed by atoms with Crippen LogP contribution in [0.15, 0.2) is 18.2 Å². The number of carbonyl (C=O) groups is 1. The second-order valence-corrected chi connectivity index (χ2v) is 4.79. The van der Waals surface area contributed by atoms with Gasteiger partial charge in [-0.2, -0.15) is 0 Å². The SMILES string of the molecule is COc1ccc(F)cc1C(=O)COCCOCC(C)C. The van der Waals surface area contributed by atoms with Crippen LogP contribution in [0.1, 0.15) is 24.2 Å². The lowest BCUT2D eigenvalue weighted by Gasteiger charge is -2.09. The summed E-state index contributed by atoms with van der Waals surface area (Å²) in [6.07, 6.45) is 0. The molecule has 4 nitrogen and oxygen atoms in total. The number of carbonyl (C=O) groups excluding carboxylic acids is 1. The Hall–Kier alpha value is -1.46. The van der Waals surface area contributed by atoms with Crippen molar-refractivity contribution in [3.05, 3.63) is 29.6 Å². The summed E-state index contributed by atoms with van der Waals surface area (Å²) < 4.78 is 28.7. The summed E-state index contributed by atoms with van der Waals surface area (Å²) in [5.41, 5.74) is 0.190. The average Bonchev–Trinajstić information content (AvgIpc) is 2.42. The second kappa shape index (κ2) is 8.66. The number of methoxy groups -OCH3 is 1. The molecule has 0 bridgehead atoms. The number of ether oxygens (including phenoxy) is 3. The fraction of sp³-hybridized carbons (Fsp3) is 0.533. The normalized spacial score (nSPS) is 10.8. The molecule has 1 rings (SSSR count). The Morgan fingerprint density at radius 1 is 1.25 bits per heavy atom. The zero-order valence-corrected chi connectivity index (χ0v) is 12.1. The van der Waals surface area contributed by atoms with Crippen molar-refractivity contribution >= 4 is 5.78 Å². The third-order valence-electron chi connectivity index (χ3n) is 2.52. The Balaban J connectivity index is 2.37. The van der Waals surface area contributed by atoms with E-state index in [4.69, 9.17) is 14.2 Å². The van der Waals surface area contributed by atoms with Crippen LogP contribution in [0.2, 0.25) is 0 Å². The molecule has 0 radical (unpaired) electrons. The van der Waals surface area contributed by atoms with E-state index >= 15 is 0 Å². The first-order valence-corrected chi connectivity index (χ1v) is 6.56. The molecule has 0 aliphatic rings. The summed E-state index contributed by atoms with van der Waals surface area (Å²) in [5.74, 6) is 0.0175. The molecule has 5 heteroatoms. The van der Waals surface area contributed by atoms with E-state index in [1.165, 1.54) is 19.2 Å². The first kappa shape index (κ1) is 16.6. The summed E-state index contributed by atoms with van der Waals surface area (Å²) in [4.78, 5) is 11.9. The second-order valence-electron chi connectivity index (χ2n) is 4.79. The van der Waals surface area contributed by atoms with Gasteiger partial charge in [-0.25, -0.2) is 4.39 Å². The van der Waals surface area contributed by atoms with E-state index in [2.05, 4.69) is 13.8 Å². The number of hydrogen-bond acceptors (Lipinski definition) is 4. The van der Waals surface area contributed by atoms with Gasteiger partial charge in [0.05, 0.1) is 25.9 Å². The number of rotatable bonds is 9. The van der Waals surface area contributed by atoms with E-state index in [0.29, 0.717) is 31.5 Å². The van der Waals surface area contributed by atoms with Gasteiger partial charge in [0, 0.05) is 6.61 Å². The van der Waals surface area contributed by atoms with Crippen LogP contribution in [0.4, 0.5) is 4.39 Å². The number of benzene rings is 1. The van der Waals surface area contributed by atoms with Gasteiger partial charge in [0.2, 0.25) is 0 Å². The van der Waals surface area contributed by atoms with Crippen LogP contribution in [0.25, 0.3) is 0 Å². The molecule has 112 valence electrons. The van der Waals surface area contributed by atoms with Gasteiger partial charge in [-0.15, -0.1) is 0 Å². The molecule has 0 aliphatic heterocycles. The predicted molar refractivity (Wildman–Crippen MR) is 73.8 cm³/mol. The Morgan fingerprint density at radius 2 is 1.95 bits per heavy atom. The fourth-order valence-corrected chi connectivity index (χ4v) is 1.58. The maximum absolute atomic E-state index is 13.1. The van der Waals surface area contributed by atoms with E-state index in [9.17, 15) is 9.18 Å². The van der Waals surface area contributed by atoms with E-state index in [-0.39, 0.29) is 18.0 Å². The zero-order valence-electron chi connectivity index (χ0n) is 12.1. The monoisotopic (exact) mass is 284 g/mol. The van der Waals surface area contributed by atoms with Crippen LogP contribution in [-0.4, -0.2) is 39.3 Å². The molecule has 20 heavy (non-hydrogen) atoms. The van der Waals surface area contributed by atoms with Crippen LogP contribution >= 0.6 is 0 Å². The topological polar surface area (TPSA) is 44.8 Å². The standard InChI is InChI=1S/C15H21FO4/c1-11(2)9-19-6-7-20-10-14(17)13-8-12(16)4-5-15(13)18-3/h4-5,8,11H,6-7,9-10H2,1-3H3. The van der Waals surface area contributed by atoms with Crippen molar-refractivity contribution in [2.24, 2.45) is 5.92 Å². The smallest absolute Gasteiger partial charge is 0.192 e. The number of ketones is 1. The van der Waals surface area contributed by atoms with E-state index < -0.39 is 5.82 Å². The molecular weight excluding hydrogens is 263 g/mol. The Bertz CT molecular complexity index is 432. The van der Waals surface area contributed by atoms with Crippen molar-refractivity contribution in [1.29, 1.82) is 0 Å². The molecule has 0 aromatic heterocycles. The van der Waals surface area contributed by atoms with Gasteiger partial charge < -0.3 is 14.2 Å². The third kappa shape index (κ3) is 5.67. The molecular formula is C15H21FO4. The molecule has 0 heterocycles. The van der Waals surface area contributed by atoms with Crippen LogP contribution in [0.5, 0.6) is 5.75 Å². The maximum atomic E-state index is 13.1. The fourth-order valence-electron chi connectivity index (χ4n) is 1.58. The van der Waals surface area contributed by atoms with Crippen molar-refractivity contribution in [2.45, 2.75) is 13.8 Å². The van der Waals surface area contributed by atoms with E-state index in [1.807, 2.05) is 0 Å². The van der Waals surface area contributed by atoms with Gasteiger partial charge in [0.15, 0.2) is 5.78 Å². The first-order valence-electron chi connectivity index (χ1n) is 6.56. The Kier molecular flexibility index (Phi) is 7.18. The lowest BCUT2D eigenvalue weighted by atomic mass is 10.1. The minimum absolute atomic E-state index is 0.120. The highest BCUT2D eigenvalue weighted by molar-refractivity contribution is 5.99. The molecule has 0 aliphatic carbocycles. The Labute approximate surface area is 118 Å². The summed E-state index contributed by atoms with van der Waals surface area (Å²) in [7, 11) is 1.44. The van der Waals surface area contributed by atoms with Gasteiger partial charge in [0.25, 0.3) is 0 Å². The van der Waals surface area contributed by atoms with Crippen molar-refractivity contribution in [1.82, 2.24) is 0 Å². The maximum Gasteiger partial charge on any atom is 0.192 e. The summed E-state index contributed by atoms with van der Waals surface area (Å²) in [6, 6.07) is 3.82. The van der Waals surface area contributed by atoms with Crippen molar-refractivity contribution in [3.8, 4) is 5.75 Å². The molecule has 0 atom stereocenters.